The van der Waals surface area contributed by atoms with Gasteiger partial charge in [0.15, 0.2) is 11.6 Å². The monoisotopic (exact) mass is 1500 g/mol. The van der Waals surface area contributed by atoms with E-state index in [1.807, 2.05) is 60.7 Å². The first-order valence-corrected chi connectivity index (χ1v) is 40.1. The molecule has 0 atom stereocenters. The van der Waals surface area contributed by atoms with Crippen LogP contribution in [0.1, 0.15) is 0 Å². The first kappa shape index (κ1) is 68.9. The normalized spacial score (nSPS) is 11.6. The molecule has 118 heavy (non-hydrogen) atoms. The molecule has 0 unspecified atom stereocenters. The van der Waals surface area contributed by atoms with Crippen molar-refractivity contribution in [3.05, 3.63) is 437 Å². The summed E-state index contributed by atoms with van der Waals surface area (Å²) < 4.78 is 9.58. The highest BCUT2D eigenvalue weighted by atomic mass is 15.0. The molecule has 0 bridgehead atoms. The Hall–Kier alpha value is -15.9. The largest absolute Gasteiger partial charge is 0.309 e. The molecule has 23 aromatic rings. The number of hydrogen-bond donors (Lipinski definition) is 0. The molecule has 0 fully saturated rings. The average molecular weight is 1510 g/mol. The zero-order valence-electron chi connectivity index (χ0n) is 64.1. The molecule has 0 saturated heterocycles. The predicted molar refractivity (Wildman–Crippen MR) is 490 cm³/mol. The lowest BCUT2D eigenvalue weighted by atomic mass is 10.0. The Balaban J connectivity index is 0.000000143. The highest BCUT2D eigenvalue weighted by molar-refractivity contribution is 6.14. The van der Waals surface area contributed by atoms with Gasteiger partial charge in [0.2, 0.25) is 0 Å². The molecule has 0 aliphatic rings. The summed E-state index contributed by atoms with van der Waals surface area (Å²) in [4.78, 5) is 20.2. The van der Waals surface area contributed by atoms with E-state index in [0.717, 1.165) is 84.4 Å². The molecule has 0 radical (unpaired) electrons. The SMILES string of the molecule is c1ccc(-c2cc(-c3ccc(-n4c5ccccc5c5ccc(-c6ccc7c8ccccc8n(-c8ccccc8)c7c6)cc54)cc3)nc(-c3ccccc3)n2)cc1.c1ccc(-c2ccc(-n3c4ccccc4c4ccc(-c5ccc6c7ccccc7n(-c7ccc(-c8cc(-c9ccccc9)nc(-c9ccccc9)n8)cc7)c6c5)cc43)cc2)cc1. The van der Waals surface area contributed by atoms with Crippen molar-refractivity contribution in [2.24, 2.45) is 0 Å². The lowest BCUT2D eigenvalue weighted by Crippen LogP contribution is -1.97. The van der Waals surface area contributed by atoms with E-state index >= 15 is 0 Å². The maximum absolute atomic E-state index is 5.09. The fourth-order valence-electron chi connectivity index (χ4n) is 17.4. The average Bonchev–Trinajstić information content (AvgIpc) is 1.57. The Bertz CT molecular complexity index is 7610. The fourth-order valence-corrected chi connectivity index (χ4v) is 17.4. The van der Waals surface area contributed by atoms with E-state index in [1.165, 1.54) is 115 Å². The van der Waals surface area contributed by atoms with E-state index in [9.17, 15) is 0 Å². The van der Waals surface area contributed by atoms with Crippen molar-refractivity contribution < 1.29 is 0 Å². The van der Waals surface area contributed by atoms with Gasteiger partial charge in [0.05, 0.1) is 66.9 Å². The summed E-state index contributed by atoms with van der Waals surface area (Å²) in [6.45, 7) is 0. The van der Waals surface area contributed by atoms with Crippen molar-refractivity contribution in [1.82, 2.24) is 38.2 Å². The maximum atomic E-state index is 5.09. The van der Waals surface area contributed by atoms with Gasteiger partial charge in [0, 0.05) is 99.2 Å². The minimum atomic E-state index is 0.709. The quantitative estimate of drug-likeness (QED) is 0.115. The number of hydrogen-bond acceptors (Lipinski definition) is 4. The predicted octanol–water partition coefficient (Wildman–Crippen LogP) is 28.3. The van der Waals surface area contributed by atoms with Gasteiger partial charge in [-0.2, -0.15) is 0 Å². The second kappa shape index (κ2) is 29.3. The van der Waals surface area contributed by atoms with Crippen LogP contribution in [0.15, 0.2) is 437 Å². The minimum absolute atomic E-state index is 0.709. The second-order valence-corrected chi connectivity index (χ2v) is 30.1. The highest BCUT2D eigenvalue weighted by Crippen LogP contribution is 2.43. The van der Waals surface area contributed by atoms with E-state index in [4.69, 9.17) is 19.9 Å². The smallest absolute Gasteiger partial charge is 0.160 e. The van der Waals surface area contributed by atoms with Crippen molar-refractivity contribution in [2.45, 2.75) is 0 Å². The Morgan fingerprint density at radius 1 is 0.127 bits per heavy atom. The molecule has 0 spiro atoms. The first-order valence-electron chi connectivity index (χ1n) is 40.1. The second-order valence-electron chi connectivity index (χ2n) is 30.1. The summed E-state index contributed by atoms with van der Waals surface area (Å²) in [5.74, 6) is 1.42. The van der Waals surface area contributed by atoms with Crippen molar-refractivity contribution in [1.29, 1.82) is 0 Å². The molecule has 0 saturated carbocycles. The third kappa shape index (κ3) is 12.4. The van der Waals surface area contributed by atoms with Gasteiger partial charge in [-0.3, -0.25) is 0 Å². The van der Waals surface area contributed by atoms with Gasteiger partial charge in [0.25, 0.3) is 0 Å². The van der Waals surface area contributed by atoms with Gasteiger partial charge in [-0.15, -0.1) is 0 Å². The number of benzene rings is 17. The number of rotatable bonds is 13. The molecule has 0 aliphatic carbocycles. The van der Waals surface area contributed by atoms with E-state index in [0.29, 0.717) is 11.6 Å². The van der Waals surface area contributed by atoms with Crippen molar-refractivity contribution in [3.63, 3.8) is 0 Å². The van der Waals surface area contributed by atoms with Gasteiger partial charge in [-0.05, 0) is 143 Å². The summed E-state index contributed by atoms with van der Waals surface area (Å²) in [6, 6.07) is 156. The van der Waals surface area contributed by atoms with Crippen LogP contribution in [0.4, 0.5) is 0 Å². The number of fused-ring (bicyclic) bond motifs is 12. The van der Waals surface area contributed by atoms with Crippen LogP contribution in [0.25, 0.3) is 211 Å². The van der Waals surface area contributed by atoms with Crippen LogP contribution in [-0.4, -0.2) is 38.2 Å². The van der Waals surface area contributed by atoms with E-state index in [1.54, 1.807) is 0 Å². The van der Waals surface area contributed by atoms with Crippen LogP contribution in [0.3, 0.4) is 0 Å². The third-order valence-corrected chi connectivity index (χ3v) is 23.1. The molecule has 6 heterocycles. The lowest BCUT2D eigenvalue weighted by Gasteiger charge is -2.12. The summed E-state index contributed by atoms with van der Waals surface area (Å²) >= 11 is 0. The molecule has 8 heteroatoms. The molecule has 552 valence electrons. The molecule has 0 aliphatic heterocycles. The molecule has 0 amide bonds. The Labute approximate surface area is 681 Å². The van der Waals surface area contributed by atoms with Crippen molar-refractivity contribution >= 4 is 87.2 Å². The molecule has 23 rings (SSSR count). The van der Waals surface area contributed by atoms with E-state index < -0.39 is 0 Å². The standard InChI is InChI=1S/C58H38N4.C52H34N4/c1-4-14-39(15-5-1)40-24-30-46(31-25-40)61-54-22-12-10-20-48(54)50-34-28-44(36-56(50)61)45-29-35-51-49-21-11-13-23-55(49)62(57(51)37-45)47-32-26-42(27-33-47)53-38-52(41-16-6-2-7-17-41)59-58(60-53)43-18-8-3-9-19-43;1-4-14-35(15-5-1)46-34-47(54-52(53-46)37-16-6-2-7-17-37)36-24-28-41(29-25-36)56-49-23-13-11-21-43(49)45-31-27-39(33-51(45)56)38-26-30-44-42-20-10-12-22-48(42)55(50(44)32-38)40-18-8-3-9-19-40/h1-38H;1-34H. The zero-order valence-corrected chi connectivity index (χ0v) is 64.1. The molecular weight excluding hydrogens is 1430 g/mol. The summed E-state index contributed by atoms with van der Waals surface area (Å²) in [5, 5.41) is 9.89. The van der Waals surface area contributed by atoms with Crippen LogP contribution >= 0.6 is 0 Å². The van der Waals surface area contributed by atoms with Crippen molar-refractivity contribution in [3.8, 4) is 124 Å². The molecule has 8 nitrogen and oxygen atoms in total. The number of para-hydroxylation sites is 5. The minimum Gasteiger partial charge on any atom is -0.309 e. The van der Waals surface area contributed by atoms with Crippen LogP contribution in [-0.2, 0) is 0 Å². The zero-order chi connectivity index (χ0) is 78.0. The number of aromatic nitrogens is 8. The summed E-state index contributed by atoms with van der Waals surface area (Å²) in [6.07, 6.45) is 0. The lowest BCUT2D eigenvalue weighted by molar-refractivity contribution is 1.17. The van der Waals surface area contributed by atoms with Gasteiger partial charge in [0.1, 0.15) is 0 Å². The molecular formula is C110H72N8. The van der Waals surface area contributed by atoms with Gasteiger partial charge in [-0.25, -0.2) is 19.9 Å². The first-order chi connectivity index (χ1) is 58.5. The Morgan fingerprint density at radius 2 is 0.322 bits per heavy atom. The maximum Gasteiger partial charge on any atom is 0.160 e. The molecule has 0 N–H and O–H groups in total. The van der Waals surface area contributed by atoms with Crippen molar-refractivity contribution in [2.75, 3.05) is 0 Å². The third-order valence-electron chi connectivity index (χ3n) is 23.1. The Kier molecular flexibility index (Phi) is 17.1. The Morgan fingerprint density at radius 3 is 0.610 bits per heavy atom. The fraction of sp³-hybridized carbons (Fsp3) is 0. The van der Waals surface area contributed by atoms with E-state index in [2.05, 4.69) is 394 Å². The van der Waals surface area contributed by atoms with E-state index in [-0.39, 0.29) is 0 Å². The van der Waals surface area contributed by atoms with Crippen LogP contribution in [0, 0.1) is 0 Å². The van der Waals surface area contributed by atoms with Gasteiger partial charge in [-0.1, -0.05) is 328 Å². The van der Waals surface area contributed by atoms with Crippen LogP contribution in [0.2, 0.25) is 0 Å². The summed E-state index contributed by atoms with van der Waals surface area (Å²) in [7, 11) is 0. The van der Waals surface area contributed by atoms with Gasteiger partial charge < -0.3 is 18.3 Å². The highest BCUT2D eigenvalue weighted by Gasteiger charge is 2.22. The molecule has 6 aromatic heterocycles. The van der Waals surface area contributed by atoms with Crippen LogP contribution in [0.5, 0.6) is 0 Å². The number of nitrogens with zero attached hydrogens (tertiary/aromatic N) is 8. The summed E-state index contributed by atoms with van der Waals surface area (Å²) in [5.41, 5.74) is 30.8. The molecule has 17 aromatic carbocycles. The van der Waals surface area contributed by atoms with Gasteiger partial charge >= 0.3 is 0 Å². The topological polar surface area (TPSA) is 71.3 Å². The van der Waals surface area contributed by atoms with Crippen LogP contribution < -0.4 is 0 Å².